The van der Waals surface area contributed by atoms with E-state index in [1.165, 1.54) is 22.8 Å². The Kier molecular flexibility index (Phi) is 7.20. The predicted molar refractivity (Wildman–Crippen MR) is 148 cm³/mol. The molecule has 38 heavy (non-hydrogen) atoms. The van der Waals surface area contributed by atoms with E-state index in [0.29, 0.717) is 33.1 Å². The number of nitrogens with zero attached hydrogens (tertiary/aromatic N) is 3. The van der Waals surface area contributed by atoms with Gasteiger partial charge in [-0.15, -0.1) is 0 Å². The van der Waals surface area contributed by atoms with Crippen LogP contribution in [0, 0.1) is 5.82 Å². The third-order valence-corrected chi connectivity index (χ3v) is 6.51. The summed E-state index contributed by atoms with van der Waals surface area (Å²) in [6.07, 6.45) is 0. The zero-order valence-corrected chi connectivity index (χ0v) is 21.3. The van der Waals surface area contributed by atoms with E-state index in [1.807, 2.05) is 43.3 Å². The number of benzene rings is 4. The van der Waals surface area contributed by atoms with Crippen LogP contribution < -0.4 is 10.9 Å². The molecule has 1 aromatic heterocycles. The Balaban J connectivity index is 1.64. The van der Waals surface area contributed by atoms with Crippen LogP contribution in [-0.4, -0.2) is 20.5 Å². The molecule has 6 nitrogen and oxygen atoms in total. The summed E-state index contributed by atoms with van der Waals surface area (Å²) in [6, 6.07) is 28.1. The van der Waals surface area contributed by atoms with Crippen molar-refractivity contribution in [2.45, 2.75) is 19.5 Å². The first kappa shape index (κ1) is 25.2. The first-order valence-corrected chi connectivity index (χ1v) is 12.4. The van der Waals surface area contributed by atoms with E-state index in [0.717, 1.165) is 5.56 Å². The standard InChI is InChI=1S/C30H24ClFN4O2/c1-20(35(19-21-8-3-2-4-9-21)30(38)33-24-11-7-10-23(32)18-24)28-34-27-13-6-5-12-26(27)29(37)36(28)25-16-14-22(31)15-17-25/h2-18,20H,19H2,1H3,(H,33,38). The van der Waals surface area contributed by atoms with E-state index >= 15 is 0 Å². The molecular formula is C30H24ClFN4O2. The first-order chi connectivity index (χ1) is 18.4. The van der Waals surface area contributed by atoms with Gasteiger partial charge in [-0.1, -0.05) is 60.1 Å². The maximum Gasteiger partial charge on any atom is 0.322 e. The Hall–Kier alpha value is -4.49. The van der Waals surface area contributed by atoms with Gasteiger partial charge in [0.15, 0.2) is 0 Å². The van der Waals surface area contributed by atoms with Crippen LogP contribution in [0.3, 0.4) is 0 Å². The lowest BCUT2D eigenvalue weighted by molar-refractivity contribution is 0.185. The van der Waals surface area contributed by atoms with E-state index in [2.05, 4.69) is 5.32 Å². The van der Waals surface area contributed by atoms with Crippen LogP contribution in [0.1, 0.15) is 24.4 Å². The van der Waals surface area contributed by atoms with Crippen molar-refractivity contribution in [2.75, 3.05) is 5.32 Å². The summed E-state index contributed by atoms with van der Waals surface area (Å²) >= 11 is 6.12. The van der Waals surface area contributed by atoms with Crippen LogP contribution in [0.5, 0.6) is 0 Å². The molecule has 4 aromatic carbocycles. The van der Waals surface area contributed by atoms with E-state index in [-0.39, 0.29) is 12.1 Å². The second kappa shape index (κ2) is 10.9. The monoisotopic (exact) mass is 526 g/mol. The Bertz CT molecular complexity index is 1660. The van der Waals surface area contributed by atoms with Crippen molar-refractivity contribution in [1.29, 1.82) is 0 Å². The number of para-hydroxylation sites is 1. The molecular weight excluding hydrogens is 503 g/mol. The van der Waals surface area contributed by atoms with Crippen molar-refractivity contribution in [3.63, 3.8) is 0 Å². The number of carbonyl (C=O) groups excluding carboxylic acids is 1. The van der Waals surface area contributed by atoms with Crippen molar-refractivity contribution in [3.05, 3.63) is 136 Å². The molecule has 5 rings (SSSR count). The summed E-state index contributed by atoms with van der Waals surface area (Å²) in [5.41, 5.74) is 2.04. The number of halogens is 2. The fraction of sp³-hybridized carbons (Fsp3) is 0.100. The number of anilines is 1. The first-order valence-electron chi connectivity index (χ1n) is 12.1. The van der Waals surface area contributed by atoms with Crippen molar-refractivity contribution in [1.82, 2.24) is 14.5 Å². The molecule has 1 heterocycles. The highest BCUT2D eigenvalue weighted by Gasteiger charge is 2.27. The minimum absolute atomic E-state index is 0.229. The average Bonchev–Trinajstić information content (AvgIpc) is 2.92. The lowest BCUT2D eigenvalue weighted by Crippen LogP contribution is -2.39. The van der Waals surface area contributed by atoms with Crippen LogP contribution >= 0.6 is 11.6 Å². The fourth-order valence-corrected chi connectivity index (χ4v) is 4.46. The normalized spacial score (nSPS) is 11.8. The molecule has 0 saturated heterocycles. The zero-order chi connectivity index (χ0) is 26.6. The van der Waals surface area contributed by atoms with E-state index < -0.39 is 17.9 Å². The van der Waals surface area contributed by atoms with Crippen molar-refractivity contribution >= 4 is 34.2 Å². The number of nitrogens with one attached hydrogen (secondary N) is 1. The van der Waals surface area contributed by atoms with Crippen LogP contribution in [0.15, 0.2) is 108 Å². The van der Waals surface area contributed by atoms with Gasteiger partial charge in [-0.05, 0) is 67.1 Å². The third kappa shape index (κ3) is 5.28. The number of hydrogen-bond acceptors (Lipinski definition) is 3. The number of hydrogen-bond donors (Lipinski definition) is 1. The second-order valence-electron chi connectivity index (χ2n) is 8.83. The predicted octanol–water partition coefficient (Wildman–Crippen LogP) is 6.97. The molecule has 0 spiro atoms. The summed E-state index contributed by atoms with van der Waals surface area (Å²) in [5.74, 6) is -0.0837. The molecule has 0 bridgehead atoms. The van der Waals surface area contributed by atoms with Gasteiger partial charge in [0.25, 0.3) is 5.56 Å². The molecule has 1 unspecified atom stereocenters. The summed E-state index contributed by atoms with van der Waals surface area (Å²) in [4.78, 5) is 33.8. The number of amides is 2. The summed E-state index contributed by atoms with van der Waals surface area (Å²) in [5, 5.41) is 3.78. The highest BCUT2D eigenvalue weighted by Crippen LogP contribution is 2.26. The van der Waals surface area contributed by atoms with E-state index in [1.54, 1.807) is 53.4 Å². The quantitative estimate of drug-likeness (QED) is 0.260. The molecule has 190 valence electrons. The molecule has 1 N–H and O–H groups in total. The van der Waals surface area contributed by atoms with Gasteiger partial charge >= 0.3 is 6.03 Å². The zero-order valence-electron chi connectivity index (χ0n) is 20.5. The SMILES string of the molecule is CC(c1nc2ccccc2c(=O)n1-c1ccc(Cl)cc1)N(Cc1ccccc1)C(=O)Nc1cccc(F)c1. The Labute approximate surface area is 223 Å². The van der Waals surface area contributed by atoms with Crippen LogP contribution in [0.4, 0.5) is 14.9 Å². The smallest absolute Gasteiger partial charge is 0.310 e. The highest BCUT2D eigenvalue weighted by molar-refractivity contribution is 6.30. The molecule has 0 aliphatic carbocycles. The van der Waals surface area contributed by atoms with Crippen LogP contribution in [0.25, 0.3) is 16.6 Å². The minimum Gasteiger partial charge on any atom is -0.310 e. The lowest BCUT2D eigenvalue weighted by Gasteiger charge is -2.31. The molecule has 0 saturated carbocycles. The number of rotatable bonds is 6. The average molecular weight is 527 g/mol. The molecule has 2 amide bonds. The Morgan fingerprint density at radius 3 is 2.42 bits per heavy atom. The maximum absolute atomic E-state index is 13.8. The Morgan fingerprint density at radius 1 is 0.974 bits per heavy atom. The molecule has 5 aromatic rings. The van der Waals surface area contributed by atoms with Crippen LogP contribution in [-0.2, 0) is 6.54 Å². The Morgan fingerprint density at radius 2 is 1.68 bits per heavy atom. The second-order valence-corrected chi connectivity index (χ2v) is 9.27. The maximum atomic E-state index is 13.8. The molecule has 0 aliphatic rings. The highest BCUT2D eigenvalue weighted by atomic mass is 35.5. The van der Waals surface area contributed by atoms with Crippen molar-refractivity contribution in [3.8, 4) is 5.69 Å². The summed E-state index contributed by atoms with van der Waals surface area (Å²) in [7, 11) is 0. The van der Waals surface area contributed by atoms with Gasteiger partial charge in [-0.3, -0.25) is 9.36 Å². The largest absolute Gasteiger partial charge is 0.322 e. The van der Waals surface area contributed by atoms with Gasteiger partial charge in [0, 0.05) is 17.3 Å². The van der Waals surface area contributed by atoms with Gasteiger partial charge < -0.3 is 10.2 Å². The van der Waals surface area contributed by atoms with Gasteiger partial charge in [0.1, 0.15) is 11.6 Å². The number of carbonyl (C=O) groups is 1. The lowest BCUT2D eigenvalue weighted by atomic mass is 10.1. The van der Waals surface area contributed by atoms with Crippen LogP contribution in [0.2, 0.25) is 5.02 Å². The molecule has 8 heteroatoms. The van der Waals surface area contributed by atoms with E-state index in [9.17, 15) is 14.0 Å². The minimum atomic E-state index is -0.656. The van der Waals surface area contributed by atoms with E-state index in [4.69, 9.17) is 16.6 Å². The van der Waals surface area contributed by atoms with Crippen molar-refractivity contribution < 1.29 is 9.18 Å². The van der Waals surface area contributed by atoms with Gasteiger partial charge in [-0.25, -0.2) is 14.2 Å². The summed E-state index contributed by atoms with van der Waals surface area (Å²) in [6.45, 7) is 2.05. The number of aromatic nitrogens is 2. The third-order valence-electron chi connectivity index (χ3n) is 6.26. The van der Waals surface area contributed by atoms with Gasteiger partial charge in [0.2, 0.25) is 0 Å². The van der Waals surface area contributed by atoms with Gasteiger partial charge in [-0.2, -0.15) is 0 Å². The molecule has 0 aliphatic heterocycles. The molecule has 0 radical (unpaired) electrons. The molecule has 1 atom stereocenters. The topological polar surface area (TPSA) is 67.2 Å². The van der Waals surface area contributed by atoms with Crippen molar-refractivity contribution in [2.24, 2.45) is 0 Å². The van der Waals surface area contributed by atoms with Gasteiger partial charge in [0.05, 0.1) is 22.6 Å². The molecule has 0 fully saturated rings. The fourth-order valence-electron chi connectivity index (χ4n) is 4.34. The number of urea groups is 1. The summed E-state index contributed by atoms with van der Waals surface area (Å²) < 4.78 is 15.3. The number of fused-ring (bicyclic) bond motifs is 1.